The molecule has 3 rings (SSSR count). The van der Waals surface area contributed by atoms with Gasteiger partial charge in [0, 0.05) is 11.1 Å². The summed E-state index contributed by atoms with van der Waals surface area (Å²) in [5, 5.41) is 0. The molecule has 14 heteroatoms. The molecule has 0 nitrogen and oxygen atoms in total. The second-order valence-corrected chi connectivity index (χ2v) is 10.5. The predicted molar refractivity (Wildman–Crippen MR) is 115 cm³/mol. The zero-order chi connectivity index (χ0) is 29.0. The molecule has 38 heavy (non-hydrogen) atoms. The third-order valence-electron chi connectivity index (χ3n) is 5.26. The first kappa shape index (κ1) is 30.1. The Kier molecular flexibility index (Phi) is 8.66. The summed E-state index contributed by atoms with van der Waals surface area (Å²) in [6.45, 7) is 4.75. The summed E-state index contributed by atoms with van der Waals surface area (Å²) in [5.41, 5.74) is -2.05. The highest BCUT2D eigenvalue weighted by molar-refractivity contribution is 7.99. The highest BCUT2D eigenvalue weighted by Gasteiger charge is 2.34. The van der Waals surface area contributed by atoms with E-state index in [4.69, 9.17) is 0 Å². The van der Waals surface area contributed by atoms with Gasteiger partial charge in [-0.3, -0.25) is 0 Å². The maximum absolute atomic E-state index is 14.7. The van der Waals surface area contributed by atoms with Crippen molar-refractivity contribution in [3.05, 3.63) is 80.9 Å². The Balaban J connectivity index is 2.17. The largest absolute Gasteiger partial charge is 0.203 e. The van der Waals surface area contributed by atoms with Crippen molar-refractivity contribution < 1.29 is 52.7 Å². The maximum Gasteiger partial charge on any atom is 0.177 e. The Morgan fingerprint density at radius 2 is 0.474 bits per heavy atom. The van der Waals surface area contributed by atoms with Crippen LogP contribution in [-0.2, 0) is 0 Å². The van der Waals surface area contributed by atoms with Crippen molar-refractivity contribution in [3.8, 4) is 0 Å². The van der Waals surface area contributed by atoms with E-state index in [1.54, 1.807) is 0 Å². The van der Waals surface area contributed by atoms with E-state index in [9.17, 15) is 52.7 Å². The van der Waals surface area contributed by atoms with Crippen LogP contribution in [-0.4, -0.2) is 0 Å². The van der Waals surface area contributed by atoms with Crippen molar-refractivity contribution in [2.24, 2.45) is 0 Å². The zero-order valence-corrected chi connectivity index (χ0v) is 21.1. The van der Waals surface area contributed by atoms with Gasteiger partial charge < -0.3 is 0 Å². The lowest BCUT2D eigenvalue weighted by atomic mass is 10.0. The number of hydrogen-bond donors (Lipinski definition) is 0. The third kappa shape index (κ3) is 4.85. The molecule has 0 atom stereocenters. The normalized spacial score (nSPS) is 11.8. The van der Waals surface area contributed by atoms with Crippen LogP contribution in [0, 0.1) is 69.8 Å². The van der Waals surface area contributed by atoms with Gasteiger partial charge in [-0.25, -0.2) is 52.7 Å². The lowest BCUT2D eigenvalue weighted by Gasteiger charge is -2.16. The molecular weight excluding hydrogens is 580 g/mol. The van der Waals surface area contributed by atoms with Gasteiger partial charge >= 0.3 is 0 Å². The van der Waals surface area contributed by atoms with Crippen molar-refractivity contribution >= 4 is 23.5 Å². The highest BCUT2D eigenvalue weighted by atomic mass is 32.2. The minimum Gasteiger partial charge on any atom is -0.203 e. The predicted octanol–water partition coefficient (Wildman–Crippen LogP) is 9.90. The van der Waals surface area contributed by atoms with Crippen molar-refractivity contribution in [1.82, 2.24) is 0 Å². The molecule has 0 spiro atoms. The molecule has 0 fully saturated rings. The van der Waals surface area contributed by atoms with Crippen LogP contribution >= 0.6 is 23.5 Å². The minimum atomic E-state index is -2.37. The fraction of sp³-hybridized carbons (Fsp3) is 0.250. The van der Waals surface area contributed by atoms with Crippen molar-refractivity contribution in [2.45, 2.75) is 59.1 Å². The van der Waals surface area contributed by atoms with Crippen LogP contribution in [0.5, 0.6) is 0 Å². The molecule has 0 aromatic heterocycles. The molecule has 0 saturated carbocycles. The Morgan fingerprint density at radius 1 is 0.316 bits per heavy atom. The van der Waals surface area contributed by atoms with Crippen LogP contribution in [0.25, 0.3) is 0 Å². The molecular formula is C24H14F12S2. The van der Waals surface area contributed by atoms with Gasteiger partial charge in [0.25, 0.3) is 0 Å². The molecule has 0 aliphatic carbocycles. The van der Waals surface area contributed by atoms with Crippen molar-refractivity contribution in [1.29, 1.82) is 0 Å². The molecule has 0 saturated heterocycles. The standard InChI is InChI=1S/C24H14F12S2/c1-5(2)7-9(25)13(29)21(14(30)10(7)26)37-23-17(33)19(35)24(20(36)18(23)34)38-22-15(31)11(27)8(6(3)4)12(28)16(22)32/h5-6H,1-4H3. The van der Waals surface area contributed by atoms with E-state index < -0.39 is 136 Å². The summed E-state index contributed by atoms with van der Waals surface area (Å²) in [4.78, 5) is -6.95. The Morgan fingerprint density at radius 3 is 0.632 bits per heavy atom. The average molecular weight is 594 g/mol. The Hall–Kier alpha value is -2.48. The van der Waals surface area contributed by atoms with Crippen LogP contribution in [0.3, 0.4) is 0 Å². The topological polar surface area (TPSA) is 0 Å². The van der Waals surface area contributed by atoms with Gasteiger partial charge in [0.1, 0.15) is 0 Å². The second-order valence-electron chi connectivity index (χ2n) is 8.43. The lowest BCUT2D eigenvalue weighted by Crippen LogP contribution is -2.09. The molecule has 0 radical (unpaired) electrons. The maximum atomic E-state index is 14.7. The minimum absolute atomic E-state index is 0.735. The number of rotatable bonds is 6. The van der Waals surface area contributed by atoms with E-state index in [-0.39, 0.29) is 0 Å². The molecule has 3 aromatic rings. The van der Waals surface area contributed by atoms with Gasteiger partial charge in [-0.2, -0.15) is 0 Å². The SMILES string of the molecule is CC(C)c1c(F)c(F)c(Sc2c(F)c(F)c(Sc3c(F)c(F)c(C(C)C)c(F)c3F)c(F)c2F)c(F)c1F. The number of benzene rings is 3. The quantitative estimate of drug-likeness (QED) is 0.206. The first-order chi connectivity index (χ1) is 17.5. The van der Waals surface area contributed by atoms with E-state index >= 15 is 0 Å². The summed E-state index contributed by atoms with van der Waals surface area (Å²) in [7, 11) is 0. The van der Waals surface area contributed by atoms with E-state index in [2.05, 4.69) is 0 Å². The molecule has 0 unspecified atom stereocenters. The van der Waals surface area contributed by atoms with Crippen molar-refractivity contribution in [3.63, 3.8) is 0 Å². The molecule has 0 aliphatic rings. The van der Waals surface area contributed by atoms with Crippen LogP contribution in [0.2, 0.25) is 0 Å². The summed E-state index contributed by atoms with van der Waals surface area (Å²) in [6, 6.07) is 0. The number of hydrogen-bond acceptors (Lipinski definition) is 2. The number of halogens is 12. The molecule has 0 bridgehead atoms. The van der Waals surface area contributed by atoms with Gasteiger partial charge in [0.2, 0.25) is 0 Å². The summed E-state index contributed by atoms with van der Waals surface area (Å²) >= 11 is -1.47. The summed E-state index contributed by atoms with van der Waals surface area (Å²) in [6.07, 6.45) is 0. The molecule has 0 heterocycles. The highest BCUT2D eigenvalue weighted by Crippen LogP contribution is 2.45. The smallest absolute Gasteiger partial charge is 0.177 e. The summed E-state index contributed by atoms with van der Waals surface area (Å²) < 4.78 is 174. The molecule has 0 aliphatic heterocycles. The fourth-order valence-corrected chi connectivity index (χ4v) is 5.27. The zero-order valence-electron chi connectivity index (χ0n) is 19.5. The molecule has 206 valence electrons. The van der Waals surface area contributed by atoms with E-state index in [1.807, 2.05) is 0 Å². The molecule has 0 amide bonds. The van der Waals surface area contributed by atoms with Gasteiger partial charge in [0.15, 0.2) is 69.8 Å². The Bertz CT molecular complexity index is 1250. The lowest BCUT2D eigenvalue weighted by molar-refractivity contribution is 0.395. The van der Waals surface area contributed by atoms with Gasteiger partial charge in [-0.1, -0.05) is 51.2 Å². The van der Waals surface area contributed by atoms with Crippen molar-refractivity contribution in [2.75, 3.05) is 0 Å². The van der Waals surface area contributed by atoms with E-state index in [0.717, 1.165) is 0 Å². The first-order valence-electron chi connectivity index (χ1n) is 10.5. The molecule has 0 N–H and O–H groups in total. The second kappa shape index (κ2) is 10.9. The van der Waals surface area contributed by atoms with E-state index in [1.165, 1.54) is 27.7 Å². The van der Waals surface area contributed by atoms with Crippen LogP contribution in [0.4, 0.5) is 52.7 Å². The van der Waals surface area contributed by atoms with Crippen LogP contribution in [0.1, 0.15) is 50.7 Å². The van der Waals surface area contributed by atoms with Crippen LogP contribution < -0.4 is 0 Å². The van der Waals surface area contributed by atoms with Crippen LogP contribution in [0.15, 0.2) is 19.6 Å². The van der Waals surface area contributed by atoms with Gasteiger partial charge in [-0.15, -0.1) is 0 Å². The fourth-order valence-electron chi connectivity index (χ4n) is 3.42. The Labute approximate surface area is 216 Å². The third-order valence-corrected chi connectivity index (χ3v) is 7.51. The molecule has 3 aromatic carbocycles. The first-order valence-corrected chi connectivity index (χ1v) is 12.1. The monoisotopic (exact) mass is 594 g/mol. The average Bonchev–Trinajstić information content (AvgIpc) is 2.84. The van der Waals surface area contributed by atoms with E-state index in [0.29, 0.717) is 0 Å². The van der Waals surface area contributed by atoms with Gasteiger partial charge in [0.05, 0.1) is 19.6 Å². The van der Waals surface area contributed by atoms with Gasteiger partial charge in [-0.05, 0) is 11.8 Å². The summed E-state index contributed by atoms with van der Waals surface area (Å²) in [5.74, 6) is -27.6.